The van der Waals surface area contributed by atoms with Gasteiger partial charge in [0, 0.05) is 18.8 Å². The highest BCUT2D eigenvalue weighted by atomic mass is 16.5. The molecule has 1 aromatic carbocycles. The maximum absolute atomic E-state index is 9.04. The van der Waals surface area contributed by atoms with Crippen molar-refractivity contribution in [2.75, 3.05) is 7.11 Å². The van der Waals surface area contributed by atoms with Gasteiger partial charge >= 0.3 is 0 Å². The number of aromatic nitrogens is 2. The molecule has 2 N–H and O–H groups in total. The van der Waals surface area contributed by atoms with Crippen molar-refractivity contribution < 1.29 is 4.74 Å². The molecule has 0 spiro atoms. The van der Waals surface area contributed by atoms with E-state index in [-0.39, 0.29) is 6.04 Å². The van der Waals surface area contributed by atoms with Crippen molar-refractivity contribution in [1.82, 2.24) is 9.78 Å². The van der Waals surface area contributed by atoms with E-state index in [2.05, 4.69) is 11.2 Å². The van der Waals surface area contributed by atoms with Crippen molar-refractivity contribution in [3.8, 4) is 11.8 Å². The molecule has 0 saturated heterocycles. The van der Waals surface area contributed by atoms with E-state index in [4.69, 9.17) is 15.7 Å². The normalized spacial score (nSPS) is 11.9. The summed E-state index contributed by atoms with van der Waals surface area (Å²) < 4.78 is 6.80. The first kappa shape index (κ1) is 12.1. The number of rotatable bonds is 3. The van der Waals surface area contributed by atoms with E-state index in [9.17, 15) is 0 Å². The zero-order valence-electron chi connectivity index (χ0n) is 10.3. The fourth-order valence-corrected chi connectivity index (χ4v) is 1.80. The minimum atomic E-state index is -0.295. The Labute approximate surface area is 105 Å². The Hall–Kier alpha value is -2.32. The summed E-state index contributed by atoms with van der Waals surface area (Å²) in [5.41, 5.74) is 8.39. The Kier molecular flexibility index (Phi) is 3.31. The van der Waals surface area contributed by atoms with Gasteiger partial charge in [0.05, 0.1) is 24.9 Å². The van der Waals surface area contributed by atoms with Crippen LogP contribution in [0.3, 0.4) is 0 Å². The molecular formula is C13H14N4O. The summed E-state index contributed by atoms with van der Waals surface area (Å²) in [4.78, 5) is 0. The van der Waals surface area contributed by atoms with Crippen molar-refractivity contribution in [3.05, 3.63) is 47.3 Å². The molecule has 1 heterocycles. The van der Waals surface area contributed by atoms with Gasteiger partial charge in [0.15, 0.2) is 0 Å². The minimum Gasteiger partial charge on any atom is -0.495 e. The summed E-state index contributed by atoms with van der Waals surface area (Å²) >= 11 is 0. The molecular weight excluding hydrogens is 228 g/mol. The first-order valence-electron chi connectivity index (χ1n) is 5.48. The minimum absolute atomic E-state index is 0.295. The van der Waals surface area contributed by atoms with Crippen molar-refractivity contribution >= 4 is 0 Å². The highest BCUT2D eigenvalue weighted by Gasteiger charge is 2.13. The molecule has 0 aliphatic heterocycles. The van der Waals surface area contributed by atoms with Gasteiger partial charge in [-0.05, 0) is 17.7 Å². The van der Waals surface area contributed by atoms with Gasteiger partial charge in [-0.2, -0.15) is 10.4 Å². The Balaban J connectivity index is 2.37. The third kappa shape index (κ3) is 2.19. The third-order valence-corrected chi connectivity index (χ3v) is 2.79. The molecule has 0 aliphatic carbocycles. The van der Waals surface area contributed by atoms with Gasteiger partial charge in [-0.25, -0.2) is 0 Å². The molecule has 0 bridgehead atoms. The zero-order chi connectivity index (χ0) is 13.1. The lowest BCUT2D eigenvalue weighted by molar-refractivity contribution is 0.413. The van der Waals surface area contributed by atoms with Crippen LogP contribution in [0.25, 0.3) is 0 Å². The molecule has 0 saturated carbocycles. The predicted molar refractivity (Wildman–Crippen MR) is 66.9 cm³/mol. The number of nitriles is 1. The van der Waals surface area contributed by atoms with E-state index in [0.29, 0.717) is 11.3 Å². The van der Waals surface area contributed by atoms with Crippen LogP contribution in [-0.2, 0) is 7.05 Å². The molecule has 0 unspecified atom stereocenters. The average molecular weight is 242 g/mol. The van der Waals surface area contributed by atoms with E-state index in [1.807, 2.05) is 19.3 Å². The molecule has 1 atom stereocenters. The second-order valence-electron chi connectivity index (χ2n) is 4.00. The SMILES string of the molecule is COc1ccc([C@@H](N)c2cnn(C)c2)cc1C#N. The third-order valence-electron chi connectivity index (χ3n) is 2.79. The van der Waals surface area contributed by atoms with Crippen LogP contribution < -0.4 is 10.5 Å². The van der Waals surface area contributed by atoms with Crippen molar-refractivity contribution in [2.24, 2.45) is 12.8 Å². The van der Waals surface area contributed by atoms with Gasteiger partial charge in [-0.3, -0.25) is 4.68 Å². The summed E-state index contributed by atoms with van der Waals surface area (Å²) in [6.45, 7) is 0. The lowest BCUT2D eigenvalue weighted by Gasteiger charge is -2.11. The Morgan fingerprint density at radius 2 is 2.22 bits per heavy atom. The number of benzene rings is 1. The first-order valence-corrected chi connectivity index (χ1v) is 5.48. The van der Waals surface area contributed by atoms with E-state index in [1.54, 1.807) is 23.0 Å². The molecule has 2 aromatic rings. The topological polar surface area (TPSA) is 76.9 Å². The van der Waals surface area contributed by atoms with Gasteiger partial charge in [-0.1, -0.05) is 6.07 Å². The Bertz CT molecular complexity index is 597. The Morgan fingerprint density at radius 1 is 1.44 bits per heavy atom. The highest BCUT2D eigenvalue weighted by Crippen LogP contribution is 2.25. The summed E-state index contributed by atoms with van der Waals surface area (Å²) in [5.74, 6) is 0.555. The van der Waals surface area contributed by atoms with Gasteiger partial charge in [0.1, 0.15) is 11.8 Å². The summed E-state index contributed by atoms with van der Waals surface area (Å²) in [5, 5.41) is 13.1. The van der Waals surface area contributed by atoms with Gasteiger partial charge < -0.3 is 10.5 Å². The second kappa shape index (κ2) is 4.90. The van der Waals surface area contributed by atoms with E-state index < -0.39 is 0 Å². The predicted octanol–water partition coefficient (Wildman–Crippen LogP) is 1.35. The molecule has 5 nitrogen and oxygen atoms in total. The lowest BCUT2D eigenvalue weighted by atomic mass is 10.0. The van der Waals surface area contributed by atoms with Crippen LogP contribution in [0.15, 0.2) is 30.6 Å². The zero-order valence-corrected chi connectivity index (χ0v) is 10.3. The van der Waals surface area contributed by atoms with Crippen molar-refractivity contribution in [2.45, 2.75) is 6.04 Å². The van der Waals surface area contributed by atoms with Gasteiger partial charge in [-0.15, -0.1) is 0 Å². The molecule has 0 fully saturated rings. The maximum Gasteiger partial charge on any atom is 0.136 e. The van der Waals surface area contributed by atoms with Crippen LogP contribution in [0, 0.1) is 11.3 Å². The van der Waals surface area contributed by atoms with Crippen LogP contribution in [0.1, 0.15) is 22.7 Å². The van der Waals surface area contributed by atoms with E-state index in [1.165, 1.54) is 7.11 Å². The molecule has 5 heteroatoms. The smallest absolute Gasteiger partial charge is 0.136 e. The average Bonchev–Trinajstić information content (AvgIpc) is 2.83. The number of methoxy groups -OCH3 is 1. The van der Waals surface area contributed by atoms with Crippen molar-refractivity contribution in [1.29, 1.82) is 5.26 Å². The quantitative estimate of drug-likeness (QED) is 0.881. The molecule has 1 aromatic heterocycles. The van der Waals surface area contributed by atoms with Gasteiger partial charge in [0.25, 0.3) is 0 Å². The standard InChI is InChI=1S/C13H14N4O/c1-17-8-11(7-16-17)13(15)9-3-4-12(18-2)10(5-9)6-14/h3-5,7-8,13H,15H2,1-2H3/t13-/m1/s1. The first-order chi connectivity index (χ1) is 8.65. The number of nitrogens with two attached hydrogens (primary N) is 1. The van der Waals surface area contributed by atoms with Crippen molar-refractivity contribution in [3.63, 3.8) is 0 Å². The van der Waals surface area contributed by atoms with Gasteiger partial charge in [0.2, 0.25) is 0 Å². The number of aryl methyl sites for hydroxylation is 1. The maximum atomic E-state index is 9.04. The van der Waals surface area contributed by atoms with Crippen LogP contribution in [-0.4, -0.2) is 16.9 Å². The van der Waals surface area contributed by atoms with Crippen LogP contribution in [0.4, 0.5) is 0 Å². The summed E-state index contributed by atoms with van der Waals surface area (Å²) in [6.07, 6.45) is 3.59. The fraction of sp³-hybridized carbons (Fsp3) is 0.231. The van der Waals surface area contributed by atoms with E-state index in [0.717, 1.165) is 11.1 Å². The number of ether oxygens (including phenoxy) is 1. The Morgan fingerprint density at radius 3 is 2.78 bits per heavy atom. The molecule has 0 aliphatic rings. The van der Waals surface area contributed by atoms with Crippen LogP contribution >= 0.6 is 0 Å². The highest BCUT2D eigenvalue weighted by molar-refractivity contribution is 5.47. The molecule has 0 amide bonds. The van der Waals surface area contributed by atoms with Crippen LogP contribution in [0.2, 0.25) is 0 Å². The monoisotopic (exact) mass is 242 g/mol. The summed E-state index contributed by atoms with van der Waals surface area (Å²) in [6, 6.07) is 7.16. The number of hydrogen-bond acceptors (Lipinski definition) is 4. The molecule has 0 radical (unpaired) electrons. The van der Waals surface area contributed by atoms with E-state index >= 15 is 0 Å². The number of nitrogens with zero attached hydrogens (tertiary/aromatic N) is 3. The molecule has 2 rings (SSSR count). The fourth-order valence-electron chi connectivity index (χ4n) is 1.80. The second-order valence-corrected chi connectivity index (χ2v) is 4.00. The van der Waals surface area contributed by atoms with Crippen LogP contribution in [0.5, 0.6) is 5.75 Å². The summed E-state index contributed by atoms with van der Waals surface area (Å²) in [7, 11) is 3.38. The largest absolute Gasteiger partial charge is 0.495 e. The molecule has 92 valence electrons. The molecule has 18 heavy (non-hydrogen) atoms. The lowest BCUT2D eigenvalue weighted by Crippen LogP contribution is -2.11. The number of hydrogen-bond donors (Lipinski definition) is 1.